The first-order chi connectivity index (χ1) is 23.2. The molecule has 0 saturated carbocycles. The normalized spacial score (nSPS) is 16.1. The Bertz CT molecular complexity index is 1570. The smallest absolute Gasteiger partial charge is 0.416 e. The summed E-state index contributed by atoms with van der Waals surface area (Å²) in [6.07, 6.45) is -8.53. The highest BCUT2D eigenvalue weighted by Crippen LogP contribution is 2.44. The van der Waals surface area contributed by atoms with Gasteiger partial charge in [-0.3, -0.25) is 9.69 Å². The molecule has 0 bridgehead atoms. The van der Waals surface area contributed by atoms with E-state index in [4.69, 9.17) is 24.1 Å². The number of carboxylic acid groups (broad SMARTS) is 1. The Labute approximate surface area is 276 Å². The summed E-state index contributed by atoms with van der Waals surface area (Å²) < 4.78 is 104. The van der Waals surface area contributed by atoms with Gasteiger partial charge in [-0.25, -0.2) is 19.7 Å². The topological polar surface area (TPSA) is 136 Å². The summed E-state index contributed by atoms with van der Waals surface area (Å²) in [6, 6.07) is 2.68. The molecule has 0 aliphatic carbocycles. The fourth-order valence-electron chi connectivity index (χ4n) is 5.25. The monoisotopic (exact) mass is 701 g/mol. The molecule has 1 aliphatic heterocycles. The van der Waals surface area contributed by atoms with Crippen molar-refractivity contribution >= 4 is 23.7 Å². The third-order valence-electron chi connectivity index (χ3n) is 7.54. The summed E-state index contributed by atoms with van der Waals surface area (Å²) in [5.74, 6) is -0.943. The molecule has 1 unspecified atom stereocenters. The first-order valence-electron chi connectivity index (χ1n) is 14.9. The van der Waals surface area contributed by atoms with Gasteiger partial charge in [0.2, 0.25) is 11.8 Å². The van der Waals surface area contributed by atoms with E-state index in [2.05, 4.69) is 15.0 Å². The molecule has 1 aromatic carbocycles. The van der Waals surface area contributed by atoms with Gasteiger partial charge in [0.15, 0.2) is 5.75 Å². The Balaban J connectivity index is 1.86. The Morgan fingerprint density at radius 1 is 0.980 bits per heavy atom. The summed E-state index contributed by atoms with van der Waals surface area (Å²) >= 11 is 0. The number of methoxy groups -OCH3 is 2. The molecule has 12 nitrogen and oxygen atoms in total. The lowest BCUT2D eigenvalue weighted by Gasteiger charge is -2.43. The molecule has 0 radical (unpaired) electrons. The average Bonchev–Trinajstić information content (AvgIpc) is 3.05. The van der Waals surface area contributed by atoms with Crippen molar-refractivity contribution in [3.05, 3.63) is 65.1 Å². The molecule has 0 saturated heterocycles. The molecule has 4 rings (SSSR count). The zero-order valence-corrected chi connectivity index (χ0v) is 26.5. The number of aliphatic carboxylic acids is 1. The van der Waals surface area contributed by atoms with Gasteiger partial charge >= 0.3 is 24.4 Å². The van der Waals surface area contributed by atoms with Crippen LogP contribution in [0.5, 0.6) is 11.6 Å². The molecule has 1 aliphatic rings. The number of pyridine rings is 1. The van der Waals surface area contributed by atoms with Gasteiger partial charge in [-0.15, -0.1) is 0 Å². The Kier molecular flexibility index (Phi) is 11.7. The van der Waals surface area contributed by atoms with Gasteiger partial charge in [0.05, 0.1) is 61.1 Å². The molecule has 18 heteroatoms. The first-order valence-corrected chi connectivity index (χ1v) is 14.9. The summed E-state index contributed by atoms with van der Waals surface area (Å²) in [4.78, 5) is 40.2. The lowest BCUT2D eigenvalue weighted by Crippen LogP contribution is -2.48. The van der Waals surface area contributed by atoms with Crippen molar-refractivity contribution in [1.29, 1.82) is 0 Å². The van der Waals surface area contributed by atoms with Gasteiger partial charge in [-0.1, -0.05) is 6.92 Å². The number of hydrogen-bond acceptors (Lipinski definition) is 10. The van der Waals surface area contributed by atoms with E-state index in [1.165, 1.54) is 48.5 Å². The summed E-state index contributed by atoms with van der Waals surface area (Å²) in [5, 5.41) is 8.99. The van der Waals surface area contributed by atoms with E-state index in [1.807, 2.05) is 0 Å². The van der Waals surface area contributed by atoms with Gasteiger partial charge < -0.3 is 29.0 Å². The largest absolute Gasteiger partial charge is 0.488 e. The highest BCUT2D eigenvalue weighted by Gasteiger charge is 2.42. The van der Waals surface area contributed by atoms with E-state index in [0.29, 0.717) is 18.6 Å². The van der Waals surface area contributed by atoms with Gasteiger partial charge in [0, 0.05) is 25.8 Å². The van der Waals surface area contributed by atoms with E-state index in [1.54, 1.807) is 6.92 Å². The predicted octanol–water partition coefficient (Wildman–Crippen LogP) is 6.29. The van der Waals surface area contributed by atoms with Crippen LogP contribution >= 0.6 is 0 Å². The van der Waals surface area contributed by atoms with Crippen LogP contribution in [-0.2, 0) is 33.2 Å². The minimum absolute atomic E-state index is 0.0399. The van der Waals surface area contributed by atoms with E-state index < -0.39 is 67.2 Å². The van der Waals surface area contributed by atoms with Crippen LogP contribution in [0, 0.1) is 0 Å². The third kappa shape index (κ3) is 9.18. The van der Waals surface area contributed by atoms with Crippen LogP contribution in [0.1, 0.15) is 54.6 Å². The van der Waals surface area contributed by atoms with Crippen molar-refractivity contribution in [1.82, 2.24) is 15.0 Å². The third-order valence-corrected chi connectivity index (χ3v) is 7.54. The second-order valence-electron chi connectivity index (χ2n) is 10.8. The molecule has 3 aromatic rings. The number of aromatic nitrogens is 3. The Morgan fingerprint density at radius 3 is 2.18 bits per heavy atom. The van der Waals surface area contributed by atoms with E-state index in [-0.39, 0.29) is 60.2 Å². The predicted molar refractivity (Wildman–Crippen MR) is 160 cm³/mol. The summed E-state index contributed by atoms with van der Waals surface area (Å²) in [5.41, 5.74) is -2.98. The maximum absolute atomic E-state index is 13.8. The van der Waals surface area contributed by atoms with Crippen LogP contribution in [0.25, 0.3) is 0 Å². The minimum atomic E-state index is -5.08. The number of carbonyl (C=O) groups is 2. The van der Waals surface area contributed by atoms with Crippen molar-refractivity contribution in [2.75, 3.05) is 43.8 Å². The number of halogens is 6. The average molecular weight is 702 g/mol. The minimum Gasteiger partial charge on any atom is -0.488 e. The van der Waals surface area contributed by atoms with Gasteiger partial charge in [-0.05, 0) is 42.7 Å². The number of benzene rings is 1. The maximum Gasteiger partial charge on any atom is 0.416 e. The van der Waals surface area contributed by atoms with Crippen LogP contribution in [-0.4, -0.2) is 72.2 Å². The molecule has 0 spiro atoms. The zero-order chi connectivity index (χ0) is 35.9. The number of alkyl halides is 6. The number of ether oxygens (including phenoxy) is 4. The number of rotatable bonds is 13. The molecule has 2 aromatic heterocycles. The molecule has 1 amide bonds. The number of hydrogen-bond donors (Lipinski definition) is 1. The van der Waals surface area contributed by atoms with Crippen molar-refractivity contribution in [3.63, 3.8) is 0 Å². The number of amides is 1. The van der Waals surface area contributed by atoms with Crippen molar-refractivity contribution < 1.29 is 60.0 Å². The SMILES string of the molecule is CC[C@@H]1CC(N(Cc2cc(C(F)(F)F)cc(C(F)(F)F)c2)c2ncc(OCCOC)cn2)c2nc(OC)ccc2N1C(=O)OCCC(=O)O. The molecule has 266 valence electrons. The van der Waals surface area contributed by atoms with Gasteiger partial charge in [0.25, 0.3) is 0 Å². The zero-order valence-electron chi connectivity index (χ0n) is 26.5. The quantitative estimate of drug-likeness (QED) is 0.159. The van der Waals surface area contributed by atoms with Crippen molar-refractivity contribution in [2.45, 2.75) is 57.2 Å². The van der Waals surface area contributed by atoms with E-state index >= 15 is 0 Å². The van der Waals surface area contributed by atoms with E-state index in [0.717, 1.165) is 0 Å². The van der Waals surface area contributed by atoms with Crippen LogP contribution in [0.2, 0.25) is 0 Å². The molecule has 0 fully saturated rings. The van der Waals surface area contributed by atoms with Crippen LogP contribution < -0.4 is 19.3 Å². The van der Waals surface area contributed by atoms with Crippen LogP contribution in [0.3, 0.4) is 0 Å². The molecular formula is C31H33F6N5O7. The standard InChI is InChI=1S/C31H33F6N5O7/c1-4-21-14-24(27-23(5-6-25(40-27)47-3)42(21)29(45)49-8-7-26(43)44)41(28-38-15-22(16-39-28)48-10-9-46-2)17-18-11-19(30(32,33)34)13-20(12-18)31(35,36)37/h5-6,11-13,15-16,21,24H,4,7-10,14,17H2,1-3H3,(H,43,44)/t21-,24?/m1/s1. The molecule has 49 heavy (non-hydrogen) atoms. The lowest BCUT2D eigenvalue weighted by molar-refractivity contribution is -0.143. The number of carboxylic acids is 1. The molecule has 1 N–H and O–H groups in total. The second-order valence-corrected chi connectivity index (χ2v) is 10.8. The number of nitrogens with zero attached hydrogens (tertiary/aromatic N) is 5. The van der Waals surface area contributed by atoms with Gasteiger partial charge in [-0.2, -0.15) is 26.3 Å². The Morgan fingerprint density at radius 2 is 1.63 bits per heavy atom. The molecular weight excluding hydrogens is 668 g/mol. The highest BCUT2D eigenvalue weighted by atomic mass is 19.4. The Hall–Kier alpha value is -4.87. The van der Waals surface area contributed by atoms with Gasteiger partial charge in [0.1, 0.15) is 13.2 Å². The van der Waals surface area contributed by atoms with Crippen molar-refractivity contribution in [2.24, 2.45) is 0 Å². The lowest BCUT2D eigenvalue weighted by atomic mass is 9.92. The van der Waals surface area contributed by atoms with Crippen LogP contribution in [0.4, 0.5) is 42.8 Å². The fourth-order valence-corrected chi connectivity index (χ4v) is 5.25. The van der Waals surface area contributed by atoms with Crippen molar-refractivity contribution in [3.8, 4) is 11.6 Å². The highest BCUT2D eigenvalue weighted by molar-refractivity contribution is 5.90. The summed E-state index contributed by atoms with van der Waals surface area (Å²) in [7, 11) is 2.81. The molecule has 2 atom stereocenters. The van der Waals surface area contributed by atoms with E-state index in [9.17, 15) is 35.9 Å². The number of fused-ring (bicyclic) bond motifs is 1. The van der Waals surface area contributed by atoms with Crippen LogP contribution in [0.15, 0.2) is 42.7 Å². The second kappa shape index (κ2) is 15.6. The molecule has 3 heterocycles. The number of carbonyl (C=O) groups excluding carboxylic acids is 1. The summed E-state index contributed by atoms with van der Waals surface area (Å²) in [6.45, 7) is 1.21. The first kappa shape index (κ1) is 37.0. The maximum atomic E-state index is 13.8. The number of anilines is 2. The fraction of sp³-hybridized carbons (Fsp3) is 0.452.